The minimum absolute atomic E-state index is 0.0573. The minimum atomic E-state index is -0.287. The summed E-state index contributed by atoms with van der Waals surface area (Å²) < 4.78 is 10.8. The van der Waals surface area contributed by atoms with Gasteiger partial charge in [-0.1, -0.05) is 48.0 Å². The Balaban J connectivity index is 1.30. The second kappa shape index (κ2) is 9.77. The topological polar surface area (TPSA) is 67.9 Å². The average molecular weight is 477 g/mol. The largest absolute Gasteiger partial charge is 0.454 e. The zero-order valence-corrected chi connectivity index (χ0v) is 19.3. The molecule has 2 atom stereocenters. The summed E-state index contributed by atoms with van der Waals surface area (Å²) in [7, 11) is 0. The number of carbonyl (C=O) groups excluding carboxylic acids is 2. The van der Waals surface area contributed by atoms with Gasteiger partial charge in [-0.3, -0.25) is 9.59 Å². The Morgan fingerprint density at radius 2 is 1.71 bits per heavy atom. The number of hydrogen-bond donors (Lipinski definition) is 1. The van der Waals surface area contributed by atoms with Crippen molar-refractivity contribution in [3.8, 4) is 11.5 Å². The molecule has 2 unspecified atom stereocenters. The Kier molecular flexibility index (Phi) is 6.41. The lowest BCUT2D eigenvalue weighted by molar-refractivity contribution is -0.127. The molecule has 0 spiro atoms. The van der Waals surface area contributed by atoms with Crippen LogP contribution in [-0.4, -0.2) is 30.1 Å². The number of likely N-dealkylation sites (tertiary alicyclic amines) is 1. The fourth-order valence-electron chi connectivity index (χ4n) is 4.57. The predicted molar refractivity (Wildman–Crippen MR) is 129 cm³/mol. The monoisotopic (exact) mass is 476 g/mol. The van der Waals surface area contributed by atoms with Gasteiger partial charge in [0.2, 0.25) is 12.7 Å². The van der Waals surface area contributed by atoms with Crippen molar-refractivity contribution in [2.24, 2.45) is 5.92 Å². The van der Waals surface area contributed by atoms with Gasteiger partial charge in [0.25, 0.3) is 5.91 Å². The Labute approximate surface area is 203 Å². The van der Waals surface area contributed by atoms with E-state index in [-0.39, 0.29) is 30.6 Å². The highest BCUT2D eigenvalue weighted by molar-refractivity contribution is 6.30. The fourth-order valence-corrected chi connectivity index (χ4v) is 4.70. The highest BCUT2D eigenvalue weighted by Gasteiger charge is 2.36. The molecule has 7 heteroatoms. The van der Waals surface area contributed by atoms with Crippen LogP contribution in [0.2, 0.25) is 5.02 Å². The average Bonchev–Trinajstić information content (AvgIpc) is 3.35. The molecule has 2 aliphatic heterocycles. The van der Waals surface area contributed by atoms with Crippen LogP contribution >= 0.6 is 11.6 Å². The first-order valence-corrected chi connectivity index (χ1v) is 11.7. The molecular weight excluding hydrogens is 452 g/mol. The van der Waals surface area contributed by atoms with Crippen molar-refractivity contribution in [3.05, 3.63) is 94.5 Å². The first-order valence-electron chi connectivity index (χ1n) is 11.4. The zero-order valence-electron chi connectivity index (χ0n) is 18.6. The number of nitrogens with zero attached hydrogens (tertiary/aromatic N) is 1. The summed E-state index contributed by atoms with van der Waals surface area (Å²) >= 11 is 6.02. The molecule has 0 saturated carbocycles. The number of benzene rings is 3. The van der Waals surface area contributed by atoms with E-state index in [2.05, 4.69) is 5.32 Å². The molecule has 2 amide bonds. The summed E-state index contributed by atoms with van der Waals surface area (Å²) in [6.07, 6.45) is 1.42. The molecule has 0 bridgehead atoms. The standard InChI is InChI=1S/C27H25ClN2O4/c28-22-10-7-20(8-11-22)27(32)30-16-21(9-12-23(30)19-4-2-1-3-5-19)26(31)29-15-18-6-13-24-25(14-18)34-17-33-24/h1-8,10-11,13-14,21,23H,9,12,15-17H2,(H,29,31). The molecule has 0 radical (unpaired) electrons. The number of amides is 2. The number of halogens is 1. The van der Waals surface area contributed by atoms with Gasteiger partial charge in [-0.15, -0.1) is 0 Å². The molecule has 5 rings (SSSR count). The lowest BCUT2D eigenvalue weighted by Crippen LogP contribution is -2.46. The lowest BCUT2D eigenvalue weighted by atomic mass is 9.87. The van der Waals surface area contributed by atoms with Crippen molar-refractivity contribution < 1.29 is 19.1 Å². The van der Waals surface area contributed by atoms with E-state index in [0.29, 0.717) is 48.0 Å². The highest BCUT2D eigenvalue weighted by atomic mass is 35.5. The van der Waals surface area contributed by atoms with Crippen LogP contribution in [0.5, 0.6) is 11.5 Å². The summed E-state index contributed by atoms with van der Waals surface area (Å²) in [6, 6.07) is 22.4. The summed E-state index contributed by atoms with van der Waals surface area (Å²) in [5.41, 5.74) is 2.57. The van der Waals surface area contributed by atoms with Crippen LogP contribution in [0, 0.1) is 5.92 Å². The first-order chi connectivity index (χ1) is 16.6. The summed E-state index contributed by atoms with van der Waals surface area (Å²) in [5, 5.41) is 3.61. The van der Waals surface area contributed by atoms with E-state index < -0.39 is 0 Å². The van der Waals surface area contributed by atoms with Gasteiger partial charge in [0.1, 0.15) is 0 Å². The Morgan fingerprint density at radius 3 is 2.50 bits per heavy atom. The quantitative estimate of drug-likeness (QED) is 0.564. The van der Waals surface area contributed by atoms with Crippen molar-refractivity contribution in [2.75, 3.05) is 13.3 Å². The smallest absolute Gasteiger partial charge is 0.254 e. The van der Waals surface area contributed by atoms with Crippen LogP contribution in [-0.2, 0) is 11.3 Å². The van der Waals surface area contributed by atoms with Crippen LogP contribution in [0.4, 0.5) is 0 Å². The van der Waals surface area contributed by atoms with Crippen LogP contribution in [0.15, 0.2) is 72.8 Å². The second-order valence-electron chi connectivity index (χ2n) is 8.57. The van der Waals surface area contributed by atoms with Crippen LogP contribution in [0.1, 0.15) is 40.4 Å². The maximum Gasteiger partial charge on any atom is 0.254 e. The van der Waals surface area contributed by atoms with E-state index in [4.69, 9.17) is 21.1 Å². The van der Waals surface area contributed by atoms with Crippen molar-refractivity contribution in [2.45, 2.75) is 25.4 Å². The van der Waals surface area contributed by atoms with Gasteiger partial charge in [0.05, 0.1) is 12.0 Å². The molecule has 1 saturated heterocycles. The second-order valence-corrected chi connectivity index (χ2v) is 9.01. The highest BCUT2D eigenvalue weighted by Crippen LogP contribution is 2.35. The van der Waals surface area contributed by atoms with Crippen molar-refractivity contribution >= 4 is 23.4 Å². The molecular formula is C27H25ClN2O4. The SMILES string of the molecule is O=C(NCc1ccc2c(c1)OCO2)C1CCC(c2ccccc2)N(C(=O)c2ccc(Cl)cc2)C1. The summed E-state index contributed by atoms with van der Waals surface area (Å²) in [4.78, 5) is 28.4. The number of nitrogens with one attached hydrogen (secondary N) is 1. The summed E-state index contributed by atoms with van der Waals surface area (Å²) in [5.74, 6) is 0.961. The third kappa shape index (κ3) is 4.73. The Bertz CT molecular complexity index is 1180. The van der Waals surface area contributed by atoms with Gasteiger partial charge < -0.3 is 19.7 Å². The number of ether oxygens (including phenoxy) is 2. The molecule has 0 aliphatic carbocycles. The number of piperidine rings is 1. The summed E-state index contributed by atoms with van der Waals surface area (Å²) in [6.45, 7) is 0.959. The maximum absolute atomic E-state index is 13.5. The van der Waals surface area contributed by atoms with Crippen molar-refractivity contribution in [3.63, 3.8) is 0 Å². The van der Waals surface area contributed by atoms with Gasteiger partial charge in [-0.25, -0.2) is 0 Å². The molecule has 2 aliphatic rings. The first kappa shape index (κ1) is 22.3. The Hall–Kier alpha value is -3.51. The van der Waals surface area contributed by atoms with E-state index in [9.17, 15) is 9.59 Å². The number of rotatable bonds is 5. The number of hydrogen-bond acceptors (Lipinski definition) is 4. The molecule has 0 aromatic heterocycles. The van der Waals surface area contributed by atoms with Crippen LogP contribution < -0.4 is 14.8 Å². The van der Waals surface area contributed by atoms with Gasteiger partial charge in [0, 0.05) is 23.7 Å². The van der Waals surface area contributed by atoms with Gasteiger partial charge in [0.15, 0.2) is 11.5 Å². The van der Waals surface area contributed by atoms with E-state index in [1.165, 1.54) is 0 Å². The molecule has 34 heavy (non-hydrogen) atoms. The molecule has 2 heterocycles. The third-order valence-corrected chi connectivity index (χ3v) is 6.64. The Morgan fingerprint density at radius 1 is 0.941 bits per heavy atom. The lowest BCUT2D eigenvalue weighted by Gasteiger charge is -2.39. The van der Waals surface area contributed by atoms with Gasteiger partial charge in [-0.05, 0) is 60.4 Å². The molecule has 6 nitrogen and oxygen atoms in total. The van der Waals surface area contributed by atoms with E-state index in [1.807, 2.05) is 53.4 Å². The molecule has 1 N–H and O–H groups in total. The fraction of sp³-hybridized carbons (Fsp3) is 0.259. The van der Waals surface area contributed by atoms with E-state index >= 15 is 0 Å². The normalized spacial score (nSPS) is 19.0. The number of carbonyl (C=O) groups is 2. The predicted octanol–water partition coefficient (Wildman–Crippen LogP) is 4.98. The van der Waals surface area contributed by atoms with Crippen LogP contribution in [0.3, 0.4) is 0 Å². The molecule has 1 fully saturated rings. The van der Waals surface area contributed by atoms with E-state index in [0.717, 1.165) is 11.1 Å². The maximum atomic E-state index is 13.5. The number of fused-ring (bicyclic) bond motifs is 1. The van der Waals surface area contributed by atoms with E-state index in [1.54, 1.807) is 24.3 Å². The van der Waals surface area contributed by atoms with Crippen molar-refractivity contribution in [1.82, 2.24) is 10.2 Å². The van der Waals surface area contributed by atoms with Crippen molar-refractivity contribution in [1.29, 1.82) is 0 Å². The molecule has 3 aromatic rings. The molecule has 174 valence electrons. The third-order valence-electron chi connectivity index (χ3n) is 6.39. The van der Waals surface area contributed by atoms with Gasteiger partial charge >= 0.3 is 0 Å². The molecule has 3 aromatic carbocycles. The van der Waals surface area contributed by atoms with Crippen LogP contribution in [0.25, 0.3) is 0 Å². The van der Waals surface area contributed by atoms with Gasteiger partial charge in [-0.2, -0.15) is 0 Å². The zero-order chi connectivity index (χ0) is 23.5. The minimum Gasteiger partial charge on any atom is -0.454 e.